The highest BCUT2D eigenvalue weighted by atomic mass is 32.5. The van der Waals surface area contributed by atoms with Gasteiger partial charge in [0.25, 0.3) is 5.91 Å². The Morgan fingerprint density at radius 1 is 1.10 bits per heavy atom. The molecule has 1 N–H and O–H groups in total. The number of pyridine rings is 1. The summed E-state index contributed by atoms with van der Waals surface area (Å²) < 4.78 is 95.1. The lowest BCUT2D eigenvalue weighted by Crippen LogP contribution is -2.54. The molecule has 1 saturated heterocycles. The van der Waals surface area contributed by atoms with Crippen LogP contribution in [0.25, 0.3) is 0 Å². The van der Waals surface area contributed by atoms with Crippen molar-refractivity contribution in [2.45, 2.75) is 73.9 Å². The number of alkyl halides is 2. The third-order valence-corrected chi connectivity index (χ3v) is 9.63. The number of halogens is 7. The highest BCUT2D eigenvalue weighted by Gasteiger charge is 2.69. The van der Waals surface area contributed by atoms with E-state index in [1.165, 1.54) is 17.3 Å². The lowest BCUT2D eigenvalue weighted by Gasteiger charge is -2.41. The molecule has 3 aliphatic rings. The van der Waals surface area contributed by atoms with E-state index < -0.39 is 63.3 Å². The molecule has 2 saturated carbocycles. The summed E-state index contributed by atoms with van der Waals surface area (Å²) in [5.74, 6) is -4.70. The number of rotatable bonds is 7. The smallest absolute Gasteiger partial charge is 0.310 e. The van der Waals surface area contributed by atoms with Crippen LogP contribution in [-0.2, 0) is 9.59 Å². The fraction of sp³-hybridized carbons (Fsp3) is 0.481. The van der Waals surface area contributed by atoms with Crippen LogP contribution in [0.4, 0.5) is 33.9 Å². The van der Waals surface area contributed by atoms with E-state index in [9.17, 15) is 43.1 Å². The minimum absolute atomic E-state index is 0.0434. The number of aromatic nitrogens is 1. The van der Waals surface area contributed by atoms with Gasteiger partial charge in [-0.1, -0.05) is 19.4 Å². The number of piperidine rings is 1. The van der Waals surface area contributed by atoms with Gasteiger partial charge in [0.05, 0.1) is 0 Å². The van der Waals surface area contributed by atoms with Crippen LogP contribution < -0.4 is 10.2 Å². The average molecular weight is 620 g/mol. The highest BCUT2D eigenvalue weighted by Crippen LogP contribution is 3.02. The molecule has 1 aromatic carbocycles. The molecule has 7 nitrogen and oxygen atoms in total. The van der Waals surface area contributed by atoms with Crippen molar-refractivity contribution in [1.29, 1.82) is 5.26 Å². The normalized spacial score (nSPS) is 25.8. The first kappa shape index (κ1) is 29.9. The predicted octanol–water partition coefficient (Wildman–Crippen LogP) is 6.76. The summed E-state index contributed by atoms with van der Waals surface area (Å²) in [6.45, 7) is 1.87. The second-order valence-corrected chi connectivity index (χ2v) is 13.7. The second-order valence-electron chi connectivity index (χ2n) is 11.3. The number of benzene rings is 1. The topological polar surface area (TPSA) is 89.3 Å². The van der Waals surface area contributed by atoms with Gasteiger partial charge in [0.2, 0.25) is 11.8 Å². The number of nitrogens with zero attached hydrogens (tertiary/aromatic N) is 4. The van der Waals surface area contributed by atoms with Gasteiger partial charge in [-0.15, -0.1) is 0 Å². The molecular weight excluding hydrogens is 591 g/mol. The Bertz CT molecular complexity index is 1460. The van der Waals surface area contributed by atoms with Gasteiger partial charge >= 0.3 is 10.2 Å². The summed E-state index contributed by atoms with van der Waals surface area (Å²) >= 11 is 0. The summed E-state index contributed by atoms with van der Waals surface area (Å²) in [5, 5.41) is 12.4. The van der Waals surface area contributed by atoms with E-state index in [4.69, 9.17) is 0 Å². The van der Waals surface area contributed by atoms with Crippen molar-refractivity contribution in [3.05, 3.63) is 53.9 Å². The van der Waals surface area contributed by atoms with Gasteiger partial charge in [-0.05, 0) is 74.4 Å². The standard InChI is InChI=1S/C27H28F7N5O2S/c1-17-8-12-36-15-22(17)23(24(40)37-19-6-10-26(28,29)11-7-19)39(25(41)27-14-18(27)9-13-38(27)16-35)20-2-4-21(5-3-20)42(30,31,32,33)34/h2-5,8,12,15,18-19,23H,6-7,9-11,13-14H2,1H3,(H,37,40)/t18?,23?,27-/m1/s1. The molecule has 2 aliphatic carbocycles. The number of hydrogen-bond donors (Lipinski definition) is 1. The van der Waals surface area contributed by atoms with E-state index in [1.807, 2.05) is 6.19 Å². The Morgan fingerprint density at radius 2 is 1.74 bits per heavy atom. The Morgan fingerprint density at radius 3 is 2.29 bits per heavy atom. The van der Waals surface area contributed by atoms with E-state index in [1.54, 1.807) is 13.0 Å². The highest BCUT2D eigenvalue weighted by molar-refractivity contribution is 8.45. The zero-order valence-corrected chi connectivity index (χ0v) is 23.2. The molecule has 0 spiro atoms. The minimum Gasteiger partial charge on any atom is -0.351 e. The van der Waals surface area contributed by atoms with Gasteiger partial charge in [0.15, 0.2) is 6.19 Å². The van der Waals surface area contributed by atoms with Crippen LogP contribution in [0, 0.1) is 24.3 Å². The molecule has 3 fully saturated rings. The van der Waals surface area contributed by atoms with Gasteiger partial charge in [-0.25, -0.2) is 8.78 Å². The number of amides is 2. The maximum Gasteiger partial charge on any atom is 0.310 e. The Balaban J connectivity index is 1.61. The molecule has 1 aliphatic heterocycles. The number of nitrogens with one attached hydrogen (secondary N) is 1. The predicted molar refractivity (Wildman–Crippen MR) is 140 cm³/mol. The van der Waals surface area contributed by atoms with Crippen LogP contribution in [0.15, 0.2) is 47.6 Å². The molecule has 228 valence electrons. The van der Waals surface area contributed by atoms with Crippen LogP contribution >= 0.6 is 10.2 Å². The third-order valence-electron chi connectivity index (χ3n) is 8.47. The lowest BCUT2D eigenvalue weighted by molar-refractivity contribution is -0.130. The van der Waals surface area contributed by atoms with Crippen LogP contribution in [0.1, 0.15) is 55.7 Å². The van der Waals surface area contributed by atoms with Crippen molar-refractivity contribution < 1.29 is 37.8 Å². The van der Waals surface area contributed by atoms with Crippen molar-refractivity contribution in [2.75, 3.05) is 11.4 Å². The minimum atomic E-state index is -10.1. The number of likely N-dealkylation sites (tertiary alicyclic amines) is 1. The molecular formula is C27H28F7N5O2S. The van der Waals surface area contributed by atoms with Gasteiger partial charge in [0, 0.05) is 49.1 Å². The first-order valence-electron chi connectivity index (χ1n) is 13.3. The second kappa shape index (κ2) is 9.23. The molecule has 1 aromatic heterocycles. The molecule has 0 radical (unpaired) electrons. The summed E-state index contributed by atoms with van der Waals surface area (Å²) in [7, 11) is -10.1. The summed E-state index contributed by atoms with van der Waals surface area (Å²) in [5.41, 5.74) is -0.963. The lowest BCUT2D eigenvalue weighted by atomic mass is 9.91. The monoisotopic (exact) mass is 619 g/mol. The van der Waals surface area contributed by atoms with Gasteiger partial charge < -0.3 is 5.32 Å². The number of carbonyl (C=O) groups excluding carboxylic acids is 2. The molecule has 3 atom stereocenters. The number of hydrogen-bond acceptors (Lipinski definition) is 5. The van der Waals surface area contributed by atoms with E-state index >= 15 is 0 Å². The fourth-order valence-electron chi connectivity index (χ4n) is 6.07. The van der Waals surface area contributed by atoms with E-state index in [0.29, 0.717) is 24.1 Å². The molecule has 5 rings (SSSR count). The Hall–Kier alpha value is -3.54. The molecule has 2 amide bonds. The fourth-order valence-corrected chi connectivity index (χ4v) is 6.72. The van der Waals surface area contributed by atoms with E-state index in [2.05, 4.69) is 10.3 Å². The first-order valence-corrected chi connectivity index (χ1v) is 15.3. The molecule has 2 unspecified atom stereocenters. The van der Waals surface area contributed by atoms with Crippen LogP contribution in [0.3, 0.4) is 0 Å². The zero-order valence-electron chi connectivity index (χ0n) is 22.4. The molecule has 2 heterocycles. The number of aryl methyl sites for hydroxylation is 1. The van der Waals surface area contributed by atoms with Crippen LogP contribution in [-0.4, -0.2) is 45.7 Å². The molecule has 42 heavy (non-hydrogen) atoms. The summed E-state index contributed by atoms with van der Waals surface area (Å²) in [6, 6.07) is 1.02. The van der Waals surface area contributed by atoms with E-state index in [0.717, 1.165) is 4.90 Å². The maximum absolute atomic E-state index is 14.4. The van der Waals surface area contributed by atoms with Crippen molar-refractivity contribution in [1.82, 2.24) is 15.2 Å². The third kappa shape index (κ3) is 5.48. The average Bonchev–Trinajstić information content (AvgIpc) is 3.52. The first-order chi connectivity index (χ1) is 19.4. The van der Waals surface area contributed by atoms with Crippen molar-refractivity contribution in [2.24, 2.45) is 5.92 Å². The molecule has 2 aromatic rings. The number of fused-ring (bicyclic) bond motifs is 1. The quantitative estimate of drug-likeness (QED) is 0.273. The zero-order chi connectivity index (χ0) is 30.8. The van der Waals surface area contributed by atoms with Gasteiger partial charge in [-0.2, -0.15) is 5.26 Å². The number of anilines is 1. The van der Waals surface area contributed by atoms with Gasteiger partial charge in [0.1, 0.15) is 16.5 Å². The van der Waals surface area contributed by atoms with Crippen LogP contribution in [0.2, 0.25) is 0 Å². The number of carbonyl (C=O) groups is 2. The Kier molecular flexibility index (Phi) is 6.58. The largest absolute Gasteiger partial charge is 0.351 e. The van der Waals surface area contributed by atoms with Gasteiger partial charge in [-0.3, -0.25) is 24.4 Å². The van der Waals surface area contributed by atoms with Crippen molar-refractivity contribution in [3.8, 4) is 6.19 Å². The Labute approximate surface area is 237 Å². The van der Waals surface area contributed by atoms with Crippen molar-refractivity contribution >= 4 is 27.7 Å². The molecule has 15 heteroatoms. The van der Waals surface area contributed by atoms with Crippen LogP contribution in [0.5, 0.6) is 0 Å². The summed E-state index contributed by atoms with van der Waals surface area (Å²) in [4.78, 5) is 32.4. The molecule has 0 bridgehead atoms. The van der Waals surface area contributed by atoms with Crippen molar-refractivity contribution in [3.63, 3.8) is 0 Å². The SMILES string of the molecule is Cc1ccncc1C(C(=O)NC1CCC(F)(F)CC1)N(C(=O)[C@@]12CC1CCN2C#N)c1ccc(S(F)(F)(F)(F)F)cc1. The maximum atomic E-state index is 14.4. The summed E-state index contributed by atoms with van der Waals surface area (Å²) in [6.07, 6.45) is 4.45. The number of nitriles is 1. The van der Waals surface area contributed by atoms with E-state index in [-0.39, 0.29) is 55.1 Å².